The maximum atomic E-state index is 14.4. The molecule has 10 aliphatic rings. The molecule has 10 nitrogen and oxygen atoms in total. The Morgan fingerprint density at radius 3 is 1.62 bits per heavy atom. The van der Waals surface area contributed by atoms with Gasteiger partial charge in [-0.25, -0.2) is 32.8 Å². The first-order valence-corrected chi connectivity index (χ1v) is 23.3. The predicted molar refractivity (Wildman–Crippen MR) is 203 cm³/mol. The van der Waals surface area contributed by atoms with Crippen LogP contribution in [-0.2, 0) is 43.6 Å². The molecule has 55 heavy (non-hydrogen) atoms. The van der Waals surface area contributed by atoms with Crippen LogP contribution in [0.15, 0.2) is 29.2 Å². The molecule has 10 fully saturated rings. The van der Waals surface area contributed by atoms with Gasteiger partial charge >= 0.3 is 5.97 Å². The molecular weight excluding hydrogens is 721 g/mol. The standard InChI is InChI=1S/C44H64O10S/c1-23-8-14-32-27(5)38(49-40-16-25(3)36-20-34(23)43(32,40)53-51-36)18-29(22-55(46,47)31-12-10-30(11-13-31)42(45)48-7)19-39-28(6)33-15-9-24(2)35-21-37-26(4)17-41(50-39)44(33,35)54-52-37/h10-13,23-29,32-41H,8-9,14-22H2,1-7H3/t23-,24-,25-,26-,27-,28-,32+,33+,34+,35+,36+,37+,38-,39-,40-,41-,43+,44+/m1/s1. The summed E-state index contributed by atoms with van der Waals surface area (Å²) in [6, 6.07) is 6.17. The molecule has 6 heterocycles. The maximum Gasteiger partial charge on any atom is 0.337 e. The minimum absolute atomic E-state index is 0.0276. The number of esters is 1. The van der Waals surface area contributed by atoms with E-state index in [1.807, 2.05) is 0 Å². The quantitative estimate of drug-likeness (QED) is 0.191. The van der Waals surface area contributed by atoms with Crippen molar-refractivity contribution >= 4 is 15.8 Å². The van der Waals surface area contributed by atoms with E-state index in [-0.39, 0.29) is 76.9 Å². The van der Waals surface area contributed by atoms with Gasteiger partial charge in [-0.1, -0.05) is 41.5 Å². The third-order valence-corrected chi connectivity index (χ3v) is 18.9. The summed E-state index contributed by atoms with van der Waals surface area (Å²) in [5.74, 6) is 2.64. The lowest BCUT2D eigenvalue weighted by molar-refractivity contribution is -0.466. The summed E-state index contributed by atoms with van der Waals surface area (Å²) in [6.07, 6.45) is 9.19. The minimum atomic E-state index is -3.74. The first-order chi connectivity index (χ1) is 26.3. The molecule has 18 atom stereocenters. The molecular formula is C44H64O10S. The van der Waals surface area contributed by atoms with Gasteiger partial charge in [0.1, 0.15) is 11.2 Å². The summed E-state index contributed by atoms with van der Waals surface area (Å²) >= 11 is 0. The first kappa shape index (κ1) is 38.9. The van der Waals surface area contributed by atoms with Gasteiger partial charge in [-0.05, 0) is 154 Å². The third kappa shape index (κ3) is 6.13. The monoisotopic (exact) mass is 784 g/mol. The third-order valence-electron chi connectivity index (χ3n) is 17.0. The summed E-state index contributed by atoms with van der Waals surface area (Å²) in [5.41, 5.74) is -0.593. The maximum absolute atomic E-state index is 14.4. The molecule has 0 N–H and O–H groups in total. The van der Waals surface area contributed by atoms with Gasteiger partial charge in [-0.3, -0.25) is 0 Å². The van der Waals surface area contributed by atoms with Crippen molar-refractivity contribution in [2.24, 2.45) is 65.1 Å². The number of benzene rings is 1. The van der Waals surface area contributed by atoms with Crippen LogP contribution in [-0.4, -0.2) is 75.1 Å². The van der Waals surface area contributed by atoms with Crippen molar-refractivity contribution in [2.75, 3.05) is 12.9 Å². The smallest absolute Gasteiger partial charge is 0.337 e. The van der Waals surface area contributed by atoms with Crippen LogP contribution >= 0.6 is 0 Å². The number of hydrogen-bond donors (Lipinski definition) is 0. The Labute approximate surface area is 328 Å². The molecule has 11 heteroatoms. The van der Waals surface area contributed by atoms with Gasteiger partial charge in [0.25, 0.3) is 0 Å². The molecule has 306 valence electrons. The highest BCUT2D eigenvalue weighted by atomic mass is 32.2. The number of ether oxygens (including phenoxy) is 3. The van der Waals surface area contributed by atoms with Gasteiger partial charge in [-0.15, -0.1) is 0 Å². The van der Waals surface area contributed by atoms with Crippen molar-refractivity contribution in [1.29, 1.82) is 0 Å². The zero-order valence-corrected chi connectivity index (χ0v) is 34.7. The number of hydrogen-bond acceptors (Lipinski definition) is 10. The molecule has 0 radical (unpaired) electrons. The summed E-state index contributed by atoms with van der Waals surface area (Å²) in [6.45, 7) is 13.9. The second-order valence-corrected chi connectivity index (χ2v) is 21.8. The van der Waals surface area contributed by atoms with Crippen LogP contribution in [0, 0.1) is 65.1 Å². The van der Waals surface area contributed by atoms with Gasteiger partial charge < -0.3 is 14.2 Å². The molecule has 6 saturated heterocycles. The number of rotatable bonds is 8. The lowest BCUT2D eigenvalue weighted by Crippen LogP contribution is -2.68. The van der Waals surface area contributed by atoms with Crippen LogP contribution in [0.2, 0.25) is 0 Å². The highest BCUT2D eigenvalue weighted by Crippen LogP contribution is 2.63. The zero-order valence-electron chi connectivity index (χ0n) is 33.9. The van der Waals surface area contributed by atoms with Gasteiger partial charge in [0.05, 0.1) is 59.9 Å². The van der Waals surface area contributed by atoms with Crippen molar-refractivity contribution in [3.8, 4) is 0 Å². The summed E-state index contributed by atoms with van der Waals surface area (Å²) in [5, 5.41) is 0. The molecule has 11 rings (SSSR count). The van der Waals surface area contributed by atoms with E-state index in [0.717, 1.165) is 51.4 Å². The van der Waals surface area contributed by atoms with E-state index >= 15 is 0 Å². The Morgan fingerprint density at radius 2 is 1.16 bits per heavy atom. The average molecular weight is 785 g/mol. The molecule has 4 saturated carbocycles. The number of fused-ring (bicyclic) bond motifs is 4. The Morgan fingerprint density at radius 1 is 0.691 bits per heavy atom. The van der Waals surface area contributed by atoms with Crippen LogP contribution in [0.1, 0.15) is 116 Å². The van der Waals surface area contributed by atoms with E-state index in [2.05, 4.69) is 41.5 Å². The second-order valence-electron chi connectivity index (χ2n) is 19.8. The van der Waals surface area contributed by atoms with Crippen molar-refractivity contribution < 1.29 is 47.0 Å². The van der Waals surface area contributed by atoms with Crippen LogP contribution in [0.3, 0.4) is 0 Å². The van der Waals surface area contributed by atoms with E-state index in [1.165, 1.54) is 7.11 Å². The number of carbonyl (C=O) groups is 1. The Balaban J connectivity index is 1.03. The molecule has 0 aromatic heterocycles. The fourth-order valence-electron chi connectivity index (χ4n) is 13.8. The normalized spacial score (nSPS) is 48.7. The second kappa shape index (κ2) is 14.3. The Hall–Kier alpha value is -1.60. The first-order valence-electron chi connectivity index (χ1n) is 21.7. The van der Waals surface area contributed by atoms with Crippen molar-refractivity contribution in [2.45, 2.75) is 158 Å². The van der Waals surface area contributed by atoms with Crippen molar-refractivity contribution in [1.82, 2.24) is 0 Å². The Bertz CT molecular complexity index is 1620. The van der Waals surface area contributed by atoms with Gasteiger partial charge in [0.15, 0.2) is 9.84 Å². The van der Waals surface area contributed by atoms with Gasteiger partial charge in [-0.2, -0.15) is 0 Å². The number of carbonyl (C=O) groups excluding carboxylic acids is 1. The Kier molecular flexibility index (Phi) is 10.1. The average Bonchev–Trinajstić information content (AvgIpc) is 3.51. The van der Waals surface area contributed by atoms with Gasteiger partial charge in [0, 0.05) is 0 Å². The largest absolute Gasteiger partial charge is 0.465 e. The molecule has 0 unspecified atom stereocenters. The van der Waals surface area contributed by atoms with Crippen molar-refractivity contribution in [3.05, 3.63) is 29.8 Å². The fraction of sp³-hybridized carbons (Fsp3) is 0.841. The highest BCUT2D eigenvalue weighted by Gasteiger charge is 2.69. The number of sulfone groups is 1. The fourth-order valence-corrected chi connectivity index (χ4v) is 15.4. The highest BCUT2D eigenvalue weighted by molar-refractivity contribution is 7.91. The lowest BCUT2D eigenvalue weighted by Gasteiger charge is -2.61. The van der Waals surface area contributed by atoms with Crippen LogP contribution in [0.25, 0.3) is 0 Å². The van der Waals surface area contributed by atoms with Crippen LogP contribution in [0.5, 0.6) is 0 Å². The molecule has 1 aromatic rings. The zero-order chi connectivity index (χ0) is 38.6. The number of methoxy groups -OCH3 is 1. The molecule has 1 aromatic carbocycles. The lowest BCUT2D eigenvalue weighted by atomic mass is 9.55. The van der Waals surface area contributed by atoms with E-state index < -0.39 is 27.0 Å². The summed E-state index contributed by atoms with van der Waals surface area (Å²) in [4.78, 5) is 37.9. The summed E-state index contributed by atoms with van der Waals surface area (Å²) in [7, 11) is -2.42. The van der Waals surface area contributed by atoms with E-state index in [4.69, 9.17) is 33.8 Å². The topological polar surface area (TPSA) is 116 Å². The van der Waals surface area contributed by atoms with Crippen molar-refractivity contribution in [3.63, 3.8) is 0 Å². The van der Waals surface area contributed by atoms with Gasteiger partial charge in [0.2, 0.25) is 0 Å². The summed E-state index contributed by atoms with van der Waals surface area (Å²) < 4.78 is 48.3. The molecule has 0 amide bonds. The molecule has 2 spiro atoms. The van der Waals surface area contributed by atoms with E-state index in [9.17, 15) is 13.2 Å². The van der Waals surface area contributed by atoms with Crippen LogP contribution in [0.4, 0.5) is 0 Å². The predicted octanol–water partition coefficient (Wildman–Crippen LogP) is 7.77. The molecule has 4 bridgehead atoms. The van der Waals surface area contributed by atoms with Crippen LogP contribution < -0.4 is 0 Å². The van der Waals surface area contributed by atoms with E-state index in [1.54, 1.807) is 24.3 Å². The molecule has 6 aliphatic heterocycles. The SMILES string of the molecule is COC(=O)c1ccc(S(=O)(=O)CC(C[C@H]2O[C@@H]3C[C@@H](C)[C@@H]4C[C@H]5[C@H](C)CC[C@@H]([C@H]2C)[C@@]35OO4)C[C@H]2O[C@@H]3C[C@@H](C)[C@@H]4C[C@H]5[C@H](C)CC[C@@H]([C@H]2C)[C@@]35OO4)cc1. The van der Waals surface area contributed by atoms with E-state index in [0.29, 0.717) is 53.9 Å². The molecule has 4 aliphatic carbocycles. The minimum Gasteiger partial charge on any atom is -0.465 e.